The third-order valence-corrected chi connectivity index (χ3v) is 8.65. The summed E-state index contributed by atoms with van der Waals surface area (Å²) < 4.78 is 0. The van der Waals surface area contributed by atoms with Gasteiger partial charge in [-0.1, -0.05) is 169 Å². The molecule has 0 unspecified atom stereocenters. The molecule has 0 aromatic carbocycles. The zero-order valence-electron chi connectivity index (χ0n) is 27.1. The summed E-state index contributed by atoms with van der Waals surface area (Å²) in [7, 11) is 0. The van der Waals surface area contributed by atoms with Crippen molar-refractivity contribution in [3.05, 3.63) is 0 Å². The van der Waals surface area contributed by atoms with Crippen LogP contribution in [0.5, 0.6) is 0 Å². The van der Waals surface area contributed by atoms with E-state index in [1.165, 1.54) is 116 Å². The molecule has 232 valence electrons. The summed E-state index contributed by atoms with van der Waals surface area (Å²) in [5.41, 5.74) is 5.15. The molecule has 0 aromatic heterocycles. The molecule has 0 saturated heterocycles. The molecule has 4 heteroatoms. The second kappa shape index (κ2) is 27.1. The maximum absolute atomic E-state index is 14.3. The average molecular weight is 551 g/mol. The third kappa shape index (κ3) is 18.8. The lowest BCUT2D eigenvalue weighted by Gasteiger charge is -2.36. The van der Waals surface area contributed by atoms with Gasteiger partial charge < -0.3 is 10.6 Å². The fraction of sp³-hybridized carbons (Fsp3) is 0.943. The molecule has 0 aliphatic rings. The molecule has 2 N–H and O–H groups in total. The van der Waals surface area contributed by atoms with E-state index in [1.54, 1.807) is 0 Å². The van der Waals surface area contributed by atoms with Crippen LogP contribution in [0.4, 0.5) is 0 Å². The molecular formula is C35H70N2O2. The van der Waals surface area contributed by atoms with Crippen LogP contribution in [0.3, 0.4) is 0 Å². The highest BCUT2D eigenvalue weighted by Crippen LogP contribution is 2.35. The van der Waals surface area contributed by atoms with E-state index in [1.807, 2.05) is 0 Å². The van der Waals surface area contributed by atoms with Gasteiger partial charge in [0.25, 0.3) is 0 Å². The minimum Gasteiger partial charge on any atom is -0.369 e. The Hall–Kier alpha value is -1.06. The Morgan fingerprint density at radius 3 is 1.05 bits per heavy atom. The molecule has 0 fully saturated rings. The van der Waals surface area contributed by atoms with E-state index >= 15 is 0 Å². The zero-order chi connectivity index (χ0) is 29.0. The van der Waals surface area contributed by atoms with E-state index in [9.17, 15) is 9.59 Å². The standard InChI is InChI=1S/C35H70N2O2/c1-5-9-13-17-21-25-29-35(33(36)38,30-26-22-18-14-10-6-2)34(39)37(31-27-23-19-15-11-7-3)32-28-24-20-16-12-8-4/h5-32H2,1-4H3,(H2,36,38). The number of primary amides is 1. The van der Waals surface area contributed by atoms with Crippen molar-refractivity contribution in [2.45, 2.75) is 195 Å². The molecule has 0 spiro atoms. The maximum atomic E-state index is 14.3. The van der Waals surface area contributed by atoms with Crippen molar-refractivity contribution in [2.75, 3.05) is 13.1 Å². The number of nitrogens with two attached hydrogens (primary N) is 1. The summed E-state index contributed by atoms with van der Waals surface area (Å²) in [6.07, 6.45) is 29.7. The first-order valence-corrected chi connectivity index (χ1v) is 17.6. The lowest BCUT2D eigenvalue weighted by Crippen LogP contribution is -2.52. The van der Waals surface area contributed by atoms with Gasteiger partial charge in [-0.15, -0.1) is 0 Å². The SMILES string of the molecule is CCCCCCCCN(CCCCCCCC)C(=O)C(CCCCCCCC)(CCCCCCCC)C(N)=O. The largest absolute Gasteiger partial charge is 0.369 e. The van der Waals surface area contributed by atoms with Crippen molar-refractivity contribution < 1.29 is 9.59 Å². The summed E-state index contributed by atoms with van der Waals surface area (Å²) in [4.78, 5) is 29.5. The molecule has 2 amide bonds. The predicted molar refractivity (Wildman–Crippen MR) is 171 cm³/mol. The average Bonchev–Trinajstić information content (AvgIpc) is 2.93. The maximum Gasteiger partial charge on any atom is 0.238 e. The molecule has 0 saturated carbocycles. The number of nitrogens with zero attached hydrogens (tertiary/aromatic N) is 1. The molecule has 4 nitrogen and oxygen atoms in total. The summed E-state index contributed by atoms with van der Waals surface area (Å²) in [5, 5.41) is 0. The van der Waals surface area contributed by atoms with E-state index in [-0.39, 0.29) is 11.8 Å². The van der Waals surface area contributed by atoms with Crippen LogP contribution in [0.25, 0.3) is 0 Å². The zero-order valence-corrected chi connectivity index (χ0v) is 27.1. The molecule has 0 aliphatic heterocycles. The van der Waals surface area contributed by atoms with Crippen molar-refractivity contribution in [3.63, 3.8) is 0 Å². The Labute approximate surface area is 245 Å². The quantitative estimate of drug-likeness (QED) is 0.0714. The summed E-state index contributed by atoms with van der Waals surface area (Å²) >= 11 is 0. The van der Waals surface area contributed by atoms with Gasteiger partial charge in [-0.05, 0) is 25.7 Å². The molecule has 39 heavy (non-hydrogen) atoms. The van der Waals surface area contributed by atoms with E-state index in [2.05, 4.69) is 32.6 Å². The van der Waals surface area contributed by atoms with Gasteiger partial charge in [-0.2, -0.15) is 0 Å². The highest BCUT2D eigenvalue weighted by Gasteiger charge is 2.45. The monoisotopic (exact) mass is 551 g/mol. The fourth-order valence-corrected chi connectivity index (χ4v) is 5.89. The van der Waals surface area contributed by atoms with Gasteiger partial charge in [0.2, 0.25) is 11.8 Å². The van der Waals surface area contributed by atoms with Gasteiger partial charge in [-0.25, -0.2) is 0 Å². The molecular weight excluding hydrogens is 480 g/mol. The Balaban J connectivity index is 5.44. The number of unbranched alkanes of at least 4 members (excludes halogenated alkanes) is 20. The Morgan fingerprint density at radius 1 is 0.462 bits per heavy atom. The topological polar surface area (TPSA) is 63.4 Å². The van der Waals surface area contributed by atoms with Gasteiger partial charge in [0.15, 0.2) is 0 Å². The van der Waals surface area contributed by atoms with E-state index in [0.29, 0.717) is 12.8 Å². The Bertz CT molecular complexity index is 531. The Morgan fingerprint density at radius 2 is 0.744 bits per heavy atom. The molecule has 0 rings (SSSR count). The van der Waals surface area contributed by atoms with E-state index in [4.69, 9.17) is 5.73 Å². The normalized spacial score (nSPS) is 11.7. The molecule has 0 aliphatic carbocycles. The van der Waals surface area contributed by atoms with Gasteiger partial charge in [-0.3, -0.25) is 9.59 Å². The number of amides is 2. The van der Waals surface area contributed by atoms with Crippen molar-refractivity contribution in [3.8, 4) is 0 Å². The molecule has 0 bridgehead atoms. The van der Waals surface area contributed by atoms with Gasteiger partial charge in [0.05, 0.1) is 0 Å². The fourth-order valence-electron chi connectivity index (χ4n) is 5.89. The Kier molecular flexibility index (Phi) is 26.4. The first-order valence-electron chi connectivity index (χ1n) is 17.6. The van der Waals surface area contributed by atoms with Crippen molar-refractivity contribution in [1.29, 1.82) is 0 Å². The highest BCUT2D eigenvalue weighted by molar-refractivity contribution is 6.04. The molecule has 0 aromatic rings. The highest BCUT2D eigenvalue weighted by atomic mass is 16.2. The van der Waals surface area contributed by atoms with Crippen LogP contribution in [0, 0.1) is 5.41 Å². The van der Waals surface area contributed by atoms with Crippen molar-refractivity contribution in [2.24, 2.45) is 11.1 Å². The summed E-state index contributed by atoms with van der Waals surface area (Å²) in [6.45, 7) is 10.5. The van der Waals surface area contributed by atoms with Crippen molar-refractivity contribution in [1.82, 2.24) is 4.90 Å². The van der Waals surface area contributed by atoms with Crippen LogP contribution in [0.1, 0.15) is 195 Å². The van der Waals surface area contributed by atoms with Gasteiger partial charge in [0, 0.05) is 13.1 Å². The predicted octanol–water partition coefficient (Wildman–Crippen LogP) is 10.5. The lowest BCUT2D eigenvalue weighted by molar-refractivity contribution is -0.151. The second-order valence-electron chi connectivity index (χ2n) is 12.3. The van der Waals surface area contributed by atoms with Crippen LogP contribution < -0.4 is 5.73 Å². The number of carbonyl (C=O) groups is 2. The van der Waals surface area contributed by atoms with E-state index < -0.39 is 5.41 Å². The van der Waals surface area contributed by atoms with Gasteiger partial charge >= 0.3 is 0 Å². The number of hydrogen-bond acceptors (Lipinski definition) is 2. The smallest absolute Gasteiger partial charge is 0.238 e. The lowest BCUT2D eigenvalue weighted by atomic mass is 9.75. The minimum absolute atomic E-state index is 0.0548. The second-order valence-corrected chi connectivity index (χ2v) is 12.3. The van der Waals surface area contributed by atoms with Crippen LogP contribution in [-0.2, 0) is 9.59 Å². The summed E-state index contributed by atoms with van der Waals surface area (Å²) in [5.74, 6) is -0.315. The molecule has 0 atom stereocenters. The van der Waals surface area contributed by atoms with Gasteiger partial charge in [0.1, 0.15) is 5.41 Å². The van der Waals surface area contributed by atoms with Crippen LogP contribution >= 0.6 is 0 Å². The van der Waals surface area contributed by atoms with Crippen LogP contribution in [0.2, 0.25) is 0 Å². The molecule has 0 heterocycles. The number of hydrogen-bond donors (Lipinski definition) is 1. The first kappa shape index (κ1) is 37.9. The van der Waals surface area contributed by atoms with E-state index in [0.717, 1.165) is 51.6 Å². The minimum atomic E-state index is -1.01. The number of rotatable bonds is 30. The number of carbonyl (C=O) groups excluding carboxylic acids is 2. The van der Waals surface area contributed by atoms with Crippen LogP contribution in [-0.4, -0.2) is 29.8 Å². The summed E-state index contributed by atoms with van der Waals surface area (Å²) in [6, 6.07) is 0. The third-order valence-electron chi connectivity index (χ3n) is 8.65. The first-order chi connectivity index (χ1) is 19.0. The van der Waals surface area contributed by atoms with Crippen LogP contribution in [0.15, 0.2) is 0 Å². The van der Waals surface area contributed by atoms with Crippen molar-refractivity contribution >= 4 is 11.8 Å². The molecule has 0 radical (unpaired) electrons.